The van der Waals surface area contributed by atoms with E-state index in [1.54, 1.807) is 0 Å². The zero-order valence-electron chi connectivity index (χ0n) is 11.6. The molecule has 0 radical (unpaired) electrons. The van der Waals surface area contributed by atoms with E-state index < -0.39 is 28.1 Å². The summed E-state index contributed by atoms with van der Waals surface area (Å²) in [5, 5.41) is 19.9. The van der Waals surface area contributed by atoms with Crippen LogP contribution in [0.3, 0.4) is 0 Å². The number of amides is 1. The predicted molar refractivity (Wildman–Crippen MR) is 70.9 cm³/mol. The largest absolute Gasteiger partial charge is 0.481 e. The first-order valence-corrected chi connectivity index (χ1v) is 6.66. The molecular formula is C13H16N2O6. The smallest absolute Gasteiger partial charge is 0.433 e. The molecule has 1 aromatic rings. The van der Waals surface area contributed by atoms with Crippen molar-refractivity contribution < 1.29 is 24.0 Å². The molecule has 2 heterocycles. The molecule has 0 bridgehead atoms. The van der Waals surface area contributed by atoms with Gasteiger partial charge in [0.05, 0.1) is 11.5 Å². The summed E-state index contributed by atoms with van der Waals surface area (Å²) in [6, 6.07) is 2.35. The third-order valence-electron chi connectivity index (χ3n) is 3.81. The molecular weight excluding hydrogens is 280 g/mol. The van der Waals surface area contributed by atoms with Gasteiger partial charge in [-0.1, -0.05) is 13.3 Å². The zero-order chi connectivity index (χ0) is 15.6. The molecule has 1 aliphatic heterocycles. The topological polar surface area (TPSA) is 114 Å². The molecule has 1 N–H and O–H groups in total. The van der Waals surface area contributed by atoms with Crippen molar-refractivity contribution in [3.05, 3.63) is 28.0 Å². The van der Waals surface area contributed by atoms with Gasteiger partial charge < -0.3 is 14.4 Å². The van der Waals surface area contributed by atoms with Crippen molar-refractivity contribution in [1.29, 1.82) is 0 Å². The van der Waals surface area contributed by atoms with E-state index in [4.69, 9.17) is 4.42 Å². The van der Waals surface area contributed by atoms with E-state index in [0.717, 1.165) is 6.07 Å². The predicted octanol–water partition coefficient (Wildman–Crippen LogP) is 1.90. The second kappa shape index (κ2) is 5.55. The minimum atomic E-state index is -0.928. The van der Waals surface area contributed by atoms with Crippen LogP contribution in [0.5, 0.6) is 0 Å². The van der Waals surface area contributed by atoms with E-state index in [0.29, 0.717) is 25.8 Å². The molecule has 114 valence electrons. The van der Waals surface area contributed by atoms with Gasteiger partial charge in [-0.05, 0) is 18.9 Å². The summed E-state index contributed by atoms with van der Waals surface area (Å²) >= 11 is 0. The number of furan rings is 1. The van der Waals surface area contributed by atoms with E-state index in [9.17, 15) is 24.8 Å². The lowest BCUT2D eigenvalue weighted by molar-refractivity contribution is -0.402. The maximum atomic E-state index is 12.2. The van der Waals surface area contributed by atoms with Gasteiger partial charge in [-0.2, -0.15) is 0 Å². The molecule has 0 aromatic carbocycles. The number of carbonyl (C=O) groups is 2. The van der Waals surface area contributed by atoms with E-state index in [2.05, 4.69) is 0 Å². The molecule has 1 saturated heterocycles. The SMILES string of the molecule is CCCC1(C(=O)O)CCN(C(=O)c2ccc([N+](=O)[O-])o2)C1. The molecule has 1 aromatic heterocycles. The lowest BCUT2D eigenvalue weighted by Crippen LogP contribution is -2.36. The van der Waals surface area contributed by atoms with Crippen LogP contribution in [0.4, 0.5) is 5.88 Å². The van der Waals surface area contributed by atoms with Crippen molar-refractivity contribution in [3.63, 3.8) is 0 Å². The highest BCUT2D eigenvalue weighted by Gasteiger charge is 2.46. The van der Waals surface area contributed by atoms with Gasteiger partial charge in [0.1, 0.15) is 4.92 Å². The molecule has 8 nitrogen and oxygen atoms in total. The van der Waals surface area contributed by atoms with Crippen LogP contribution < -0.4 is 0 Å². The average molecular weight is 296 g/mol. The third kappa shape index (κ3) is 2.74. The Kier molecular flexibility index (Phi) is 3.97. The van der Waals surface area contributed by atoms with Crippen LogP contribution in [0.1, 0.15) is 36.7 Å². The Morgan fingerprint density at radius 3 is 2.76 bits per heavy atom. The molecule has 1 amide bonds. The molecule has 8 heteroatoms. The lowest BCUT2D eigenvalue weighted by atomic mass is 9.83. The van der Waals surface area contributed by atoms with Crippen LogP contribution in [-0.2, 0) is 4.79 Å². The van der Waals surface area contributed by atoms with Gasteiger partial charge in [-0.3, -0.25) is 19.7 Å². The van der Waals surface area contributed by atoms with Gasteiger partial charge in [0, 0.05) is 13.1 Å². The average Bonchev–Trinajstić information content (AvgIpc) is 3.06. The van der Waals surface area contributed by atoms with Crippen LogP contribution in [0.25, 0.3) is 0 Å². The van der Waals surface area contributed by atoms with Gasteiger partial charge in [0.25, 0.3) is 5.91 Å². The molecule has 21 heavy (non-hydrogen) atoms. The number of hydrogen-bond acceptors (Lipinski definition) is 5. The molecule has 1 fully saturated rings. The Balaban J connectivity index is 2.14. The highest BCUT2D eigenvalue weighted by atomic mass is 16.6. The lowest BCUT2D eigenvalue weighted by Gasteiger charge is -2.23. The van der Waals surface area contributed by atoms with E-state index in [1.807, 2.05) is 6.92 Å². The van der Waals surface area contributed by atoms with E-state index >= 15 is 0 Å². The minimum Gasteiger partial charge on any atom is -0.481 e. The van der Waals surface area contributed by atoms with Crippen molar-refractivity contribution in [3.8, 4) is 0 Å². The second-order valence-electron chi connectivity index (χ2n) is 5.21. The van der Waals surface area contributed by atoms with Crippen LogP contribution in [0.2, 0.25) is 0 Å². The molecule has 1 atom stereocenters. The highest BCUT2D eigenvalue weighted by Crippen LogP contribution is 2.36. The molecule has 0 saturated carbocycles. The molecule has 2 rings (SSSR count). The first-order chi connectivity index (χ1) is 9.89. The minimum absolute atomic E-state index is 0.101. The summed E-state index contributed by atoms with van der Waals surface area (Å²) in [5.74, 6) is -2.07. The second-order valence-corrected chi connectivity index (χ2v) is 5.21. The van der Waals surface area contributed by atoms with Crippen molar-refractivity contribution in [1.82, 2.24) is 4.90 Å². The van der Waals surface area contributed by atoms with Crippen molar-refractivity contribution in [2.45, 2.75) is 26.2 Å². The van der Waals surface area contributed by atoms with Crippen LogP contribution in [0, 0.1) is 15.5 Å². The van der Waals surface area contributed by atoms with Gasteiger partial charge in [-0.15, -0.1) is 0 Å². The van der Waals surface area contributed by atoms with E-state index in [1.165, 1.54) is 11.0 Å². The number of carbonyl (C=O) groups excluding carboxylic acids is 1. The maximum absolute atomic E-state index is 12.2. The Morgan fingerprint density at radius 2 is 2.24 bits per heavy atom. The summed E-state index contributed by atoms with van der Waals surface area (Å²) in [6.45, 7) is 2.30. The molecule has 0 spiro atoms. The Bertz CT molecular complexity index is 581. The fourth-order valence-electron chi connectivity index (χ4n) is 2.71. The monoisotopic (exact) mass is 296 g/mol. The number of nitrogens with zero attached hydrogens (tertiary/aromatic N) is 2. The van der Waals surface area contributed by atoms with Crippen LogP contribution >= 0.6 is 0 Å². The fourth-order valence-corrected chi connectivity index (χ4v) is 2.71. The van der Waals surface area contributed by atoms with Crippen molar-refractivity contribution in [2.75, 3.05) is 13.1 Å². The summed E-state index contributed by atoms with van der Waals surface area (Å²) < 4.78 is 4.87. The van der Waals surface area contributed by atoms with Crippen molar-refractivity contribution >= 4 is 17.8 Å². The number of carboxylic acid groups (broad SMARTS) is 1. The summed E-state index contributed by atoms with van der Waals surface area (Å²) in [5.41, 5.74) is -0.928. The molecule has 1 unspecified atom stereocenters. The number of aliphatic carboxylic acids is 1. The number of nitro groups is 1. The quantitative estimate of drug-likeness (QED) is 0.655. The Morgan fingerprint density at radius 1 is 1.52 bits per heavy atom. The molecule has 1 aliphatic rings. The number of rotatable bonds is 5. The van der Waals surface area contributed by atoms with Crippen LogP contribution in [-0.4, -0.2) is 39.9 Å². The fraction of sp³-hybridized carbons (Fsp3) is 0.538. The summed E-state index contributed by atoms with van der Waals surface area (Å²) in [7, 11) is 0. The first kappa shape index (κ1) is 15.0. The number of hydrogen-bond donors (Lipinski definition) is 1. The number of carboxylic acids is 1. The van der Waals surface area contributed by atoms with Gasteiger partial charge in [-0.25, -0.2) is 0 Å². The van der Waals surface area contributed by atoms with E-state index in [-0.39, 0.29) is 12.3 Å². The van der Waals surface area contributed by atoms with Gasteiger partial charge in [0.15, 0.2) is 5.76 Å². The van der Waals surface area contributed by atoms with Gasteiger partial charge >= 0.3 is 11.9 Å². The summed E-state index contributed by atoms with van der Waals surface area (Å²) in [4.78, 5) is 34.9. The van der Waals surface area contributed by atoms with Crippen LogP contribution in [0.15, 0.2) is 16.5 Å². The summed E-state index contributed by atoms with van der Waals surface area (Å²) in [6.07, 6.45) is 1.58. The normalized spacial score (nSPS) is 21.5. The standard InChI is InChI=1S/C13H16N2O6/c1-2-5-13(12(17)18)6-7-14(8-13)11(16)9-3-4-10(21-9)15(19)20/h3-4H,2,5-8H2,1H3,(H,17,18). The highest BCUT2D eigenvalue weighted by molar-refractivity contribution is 5.92. The maximum Gasteiger partial charge on any atom is 0.433 e. The molecule has 0 aliphatic carbocycles. The van der Waals surface area contributed by atoms with Gasteiger partial charge in [0.2, 0.25) is 0 Å². The third-order valence-corrected chi connectivity index (χ3v) is 3.81. The number of likely N-dealkylation sites (tertiary alicyclic amines) is 1. The Labute approximate surface area is 120 Å². The van der Waals surface area contributed by atoms with Crippen molar-refractivity contribution in [2.24, 2.45) is 5.41 Å². The Hall–Kier alpha value is -2.38. The zero-order valence-corrected chi connectivity index (χ0v) is 11.6. The first-order valence-electron chi connectivity index (χ1n) is 6.66.